The third-order valence-electron chi connectivity index (χ3n) is 2.47. The van der Waals surface area contributed by atoms with Gasteiger partial charge in [0, 0.05) is 11.1 Å². The number of hydrogen-bond donors (Lipinski definition) is 1. The third kappa shape index (κ3) is 3.48. The zero-order valence-electron chi connectivity index (χ0n) is 7.38. The summed E-state index contributed by atoms with van der Waals surface area (Å²) in [6.45, 7) is 2.37. The van der Waals surface area contributed by atoms with Gasteiger partial charge in [-0.2, -0.15) is 0 Å². The van der Waals surface area contributed by atoms with Crippen LogP contribution in [0, 0.1) is 5.92 Å². The Hall–Kier alpha value is 0.310. The van der Waals surface area contributed by atoms with Crippen LogP contribution in [0.4, 0.5) is 0 Å². The lowest BCUT2D eigenvalue weighted by molar-refractivity contribution is 0.509. The van der Waals surface area contributed by atoms with E-state index in [0.29, 0.717) is 0 Å². The normalized spacial score (nSPS) is 33.3. The lowest BCUT2D eigenvalue weighted by atomic mass is 10.0. The standard InChI is InChI=1S/C9H19NS/c1-8-4-2-3-5-9(6-8)11-7-10/h8-9H,2-7,10H2,1H3. The van der Waals surface area contributed by atoms with E-state index in [-0.39, 0.29) is 0 Å². The molecule has 0 aromatic carbocycles. The molecule has 0 aliphatic heterocycles. The highest BCUT2D eigenvalue weighted by atomic mass is 32.2. The topological polar surface area (TPSA) is 26.0 Å². The van der Waals surface area contributed by atoms with Crippen molar-refractivity contribution in [3.05, 3.63) is 0 Å². The van der Waals surface area contributed by atoms with Gasteiger partial charge in [-0.25, -0.2) is 0 Å². The van der Waals surface area contributed by atoms with Crippen molar-refractivity contribution >= 4 is 11.8 Å². The molecule has 1 aliphatic rings. The average molecular weight is 173 g/mol. The first kappa shape index (κ1) is 9.40. The molecular formula is C9H19NS. The highest BCUT2D eigenvalue weighted by Crippen LogP contribution is 2.29. The molecule has 1 saturated carbocycles. The Labute approximate surface area is 74.1 Å². The lowest BCUT2D eigenvalue weighted by Gasteiger charge is -2.14. The molecule has 0 heterocycles. The average Bonchev–Trinajstić information content (AvgIpc) is 2.15. The van der Waals surface area contributed by atoms with Gasteiger partial charge in [0.25, 0.3) is 0 Å². The second-order valence-corrected chi connectivity index (χ2v) is 4.91. The van der Waals surface area contributed by atoms with E-state index in [1.54, 1.807) is 0 Å². The molecule has 1 aliphatic carbocycles. The predicted octanol–water partition coefficient (Wildman–Crippen LogP) is 2.60. The van der Waals surface area contributed by atoms with Gasteiger partial charge in [-0.1, -0.05) is 26.2 Å². The summed E-state index contributed by atoms with van der Waals surface area (Å²) in [5, 5.41) is 0.859. The van der Waals surface area contributed by atoms with Crippen LogP contribution in [0.2, 0.25) is 0 Å². The Kier molecular flexibility index (Phi) is 4.31. The monoisotopic (exact) mass is 173 g/mol. The second kappa shape index (κ2) is 5.04. The summed E-state index contributed by atoms with van der Waals surface area (Å²) < 4.78 is 0. The SMILES string of the molecule is CC1CCCCC(SCN)C1. The van der Waals surface area contributed by atoms with Gasteiger partial charge in [0.15, 0.2) is 0 Å². The second-order valence-electron chi connectivity index (χ2n) is 3.58. The van der Waals surface area contributed by atoms with Crippen LogP contribution < -0.4 is 5.73 Å². The maximum Gasteiger partial charge on any atom is 0.0395 e. The Morgan fingerprint density at radius 1 is 1.36 bits per heavy atom. The number of hydrogen-bond acceptors (Lipinski definition) is 2. The molecule has 1 nitrogen and oxygen atoms in total. The molecule has 0 aromatic rings. The molecule has 0 spiro atoms. The van der Waals surface area contributed by atoms with Crippen molar-refractivity contribution in [3.8, 4) is 0 Å². The molecule has 0 bridgehead atoms. The molecule has 0 aromatic heterocycles. The predicted molar refractivity (Wildman–Crippen MR) is 52.7 cm³/mol. The van der Waals surface area contributed by atoms with Crippen LogP contribution in [-0.4, -0.2) is 11.1 Å². The molecule has 1 rings (SSSR count). The van der Waals surface area contributed by atoms with Crippen molar-refractivity contribution in [2.75, 3.05) is 5.88 Å². The summed E-state index contributed by atoms with van der Waals surface area (Å²) in [4.78, 5) is 0. The summed E-state index contributed by atoms with van der Waals surface area (Å²) >= 11 is 1.95. The van der Waals surface area contributed by atoms with Gasteiger partial charge in [0.05, 0.1) is 0 Å². The van der Waals surface area contributed by atoms with Crippen LogP contribution in [0.5, 0.6) is 0 Å². The van der Waals surface area contributed by atoms with Gasteiger partial charge < -0.3 is 5.73 Å². The van der Waals surface area contributed by atoms with Crippen molar-refractivity contribution < 1.29 is 0 Å². The first-order valence-corrected chi connectivity index (χ1v) is 5.69. The molecule has 1 fully saturated rings. The highest BCUT2D eigenvalue weighted by Gasteiger charge is 2.16. The van der Waals surface area contributed by atoms with Crippen LogP contribution >= 0.6 is 11.8 Å². The zero-order chi connectivity index (χ0) is 8.10. The minimum Gasteiger partial charge on any atom is -0.322 e. The zero-order valence-corrected chi connectivity index (χ0v) is 8.20. The van der Waals surface area contributed by atoms with Gasteiger partial charge >= 0.3 is 0 Å². The van der Waals surface area contributed by atoms with Crippen LogP contribution in [0.15, 0.2) is 0 Å². The largest absolute Gasteiger partial charge is 0.322 e. The van der Waals surface area contributed by atoms with E-state index in [1.807, 2.05) is 11.8 Å². The molecule has 0 saturated heterocycles. The Balaban J connectivity index is 2.27. The van der Waals surface area contributed by atoms with Crippen LogP contribution in [0.1, 0.15) is 39.0 Å². The van der Waals surface area contributed by atoms with E-state index < -0.39 is 0 Å². The van der Waals surface area contributed by atoms with Gasteiger partial charge in [-0.05, 0) is 18.8 Å². The highest BCUT2D eigenvalue weighted by molar-refractivity contribution is 7.99. The molecule has 66 valence electrons. The summed E-state index contributed by atoms with van der Waals surface area (Å²) in [6, 6.07) is 0. The summed E-state index contributed by atoms with van der Waals surface area (Å²) in [5.74, 6) is 1.73. The first-order chi connectivity index (χ1) is 5.33. The minimum absolute atomic E-state index is 0.803. The number of nitrogens with two attached hydrogens (primary N) is 1. The molecule has 2 atom stereocenters. The minimum atomic E-state index is 0.803. The molecule has 2 heteroatoms. The van der Waals surface area contributed by atoms with E-state index in [9.17, 15) is 0 Å². The summed E-state index contributed by atoms with van der Waals surface area (Å²) in [7, 11) is 0. The van der Waals surface area contributed by atoms with Crippen molar-refractivity contribution in [3.63, 3.8) is 0 Å². The number of rotatable bonds is 2. The third-order valence-corrected chi connectivity index (χ3v) is 3.56. The van der Waals surface area contributed by atoms with Crippen molar-refractivity contribution in [2.45, 2.75) is 44.3 Å². The Bertz CT molecular complexity index is 106. The van der Waals surface area contributed by atoms with E-state index in [0.717, 1.165) is 17.0 Å². The fraction of sp³-hybridized carbons (Fsp3) is 1.00. The fourth-order valence-electron chi connectivity index (χ4n) is 1.84. The first-order valence-electron chi connectivity index (χ1n) is 4.64. The van der Waals surface area contributed by atoms with Crippen LogP contribution in [0.3, 0.4) is 0 Å². The summed E-state index contributed by atoms with van der Waals surface area (Å²) in [6.07, 6.45) is 7.07. The Morgan fingerprint density at radius 3 is 2.82 bits per heavy atom. The van der Waals surface area contributed by atoms with Crippen molar-refractivity contribution in [1.29, 1.82) is 0 Å². The van der Waals surface area contributed by atoms with Gasteiger partial charge in [0.1, 0.15) is 0 Å². The molecule has 11 heavy (non-hydrogen) atoms. The van der Waals surface area contributed by atoms with E-state index in [4.69, 9.17) is 5.73 Å². The van der Waals surface area contributed by atoms with Crippen molar-refractivity contribution in [2.24, 2.45) is 11.7 Å². The maximum absolute atomic E-state index is 5.52. The van der Waals surface area contributed by atoms with E-state index >= 15 is 0 Å². The quantitative estimate of drug-likeness (QED) is 0.513. The van der Waals surface area contributed by atoms with Gasteiger partial charge in [0.2, 0.25) is 0 Å². The smallest absolute Gasteiger partial charge is 0.0395 e. The molecule has 0 amide bonds. The molecule has 2 N–H and O–H groups in total. The maximum atomic E-state index is 5.52. The number of thioether (sulfide) groups is 1. The lowest BCUT2D eigenvalue weighted by Crippen LogP contribution is -2.08. The molecule has 2 unspecified atom stereocenters. The Morgan fingerprint density at radius 2 is 2.09 bits per heavy atom. The molecule has 0 radical (unpaired) electrons. The van der Waals surface area contributed by atoms with E-state index in [2.05, 4.69) is 6.92 Å². The van der Waals surface area contributed by atoms with Crippen LogP contribution in [0.25, 0.3) is 0 Å². The van der Waals surface area contributed by atoms with Gasteiger partial charge in [-0.15, -0.1) is 11.8 Å². The van der Waals surface area contributed by atoms with Crippen LogP contribution in [-0.2, 0) is 0 Å². The van der Waals surface area contributed by atoms with Gasteiger partial charge in [-0.3, -0.25) is 0 Å². The van der Waals surface area contributed by atoms with E-state index in [1.165, 1.54) is 32.1 Å². The molecular weight excluding hydrogens is 154 g/mol. The summed E-state index contributed by atoms with van der Waals surface area (Å²) in [5.41, 5.74) is 5.52. The van der Waals surface area contributed by atoms with Crippen molar-refractivity contribution in [1.82, 2.24) is 0 Å². The fourth-order valence-corrected chi connectivity index (χ4v) is 2.91.